The Morgan fingerprint density at radius 1 is 0.475 bits per heavy atom. The van der Waals surface area contributed by atoms with Crippen LogP contribution in [0, 0.1) is 13.8 Å². The molecule has 0 atom stereocenters. The fourth-order valence-corrected chi connectivity index (χ4v) is 8.39. The van der Waals surface area contributed by atoms with Gasteiger partial charge in [-0.1, -0.05) is 12.1 Å². The van der Waals surface area contributed by atoms with Gasteiger partial charge in [0.15, 0.2) is 11.5 Å². The molecule has 0 fully saturated rings. The van der Waals surface area contributed by atoms with Crippen LogP contribution in [-0.4, -0.2) is 91.7 Å². The van der Waals surface area contributed by atoms with Gasteiger partial charge < -0.3 is 21.7 Å². The van der Waals surface area contributed by atoms with Crippen LogP contribution in [0.1, 0.15) is 11.1 Å². The van der Waals surface area contributed by atoms with Crippen molar-refractivity contribution in [1.29, 1.82) is 0 Å². The molecule has 20 nitrogen and oxygen atoms in total. The third-order valence-electron chi connectivity index (χ3n) is 8.70. The summed E-state index contributed by atoms with van der Waals surface area (Å²) in [5.41, 5.74) is 12.4. The van der Waals surface area contributed by atoms with Gasteiger partial charge in [0.05, 0.1) is 21.2 Å². The molecule has 0 aliphatic carbocycles. The number of rotatable bonds is 9. The van der Waals surface area contributed by atoms with Crippen molar-refractivity contribution in [1.82, 2.24) is 0 Å². The number of azo groups is 2. The van der Waals surface area contributed by atoms with E-state index in [0.717, 1.165) is 36.4 Å². The van der Waals surface area contributed by atoms with Crippen LogP contribution >= 0.6 is 0 Å². The number of hydrogen-bond acceptors (Lipinski definition) is 16. The number of nitrogen functional groups attached to an aromatic ring is 2. The van der Waals surface area contributed by atoms with Gasteiger partial charge in [-0.25, -0.2) is 0 Å². The minimum absolute atomic E-state index is 0. The van der Waals surface area contributed by atoms with Crippen LogP contribution in [0.25, 0.3) is 32.7 Å². The number of phenols is 2. The fourth-order valence-electron chi connectivity index (χ4n) is 5.97. The molecule has 0 bridgehead atoms. The standard InChI is InChI=1S/C34H28N6O14S4.Na/c1-15-7-17(3-5-25(15)37-39-31-27(57(49,50)51)11-19-9-21(55(43,44)45)13-23(35)29(19)33(31)41)18-4-6-26(16(2)8-18)38-40-32-28(58(52,53)54)12-20-10-22(56(46,47)48)14-24(36)30(20)34(32)42;/h3-14,41-42H,35-36H2,1-2H3,(H,43,44,45)(H,46,47,48)(H,49,50,51)(H,52,53,54);/b39-37+,40-38+;. The molecule has 0 aromatic heterocycles. The molecule has 0 heterocycles. The second-order valence-electron chi connectivity index (χ2n) is 12.7. The summed E-state index contributed by atoms with van der Waals surface area (Å²) in [6, 6.07) is 14.6. The summed E-state index contributed by atoms with van der Waals surface area (Å²) in [7, 11) is -19.7. The van der Waals surface area contributed by atoms with Crippen molar-refractivity contribution in [3.63, 3.8) is 0 Å². The molecule has 0 saturated heterocycles. The first-order valence-corrected chi connectivity index (χ1v) is 21.6. The molecule has 1 radical (unpaired) electrons. The zero-order chi connectivity index (χ0) is 42.9. The minimum atomic E-state index is -5.08. The number of aromatic hydroxyl groups is 2. The van der Waals surface area contributed by atoms with Gasteiger partial charge in [0, 0.05) is 51.7 Å². The van der Waals surface area contributed by atoms with E-state index in [9.17, 15) is 62.1 Å². The average molecular weight is 896 g/mol. The second-order valence-corrected chi connectivity index (χ2v) is 18.3. The third kappa shape index (κ3) is 9.07. The van der Waals surface area contributed by atoms with Gasteiger partial charge in [0.25, 0.3) is 40.5 Å². The SMILES string of the molecule is Cc1cc(-c2ccc(/N=N/c3c(S(=O)(=O)O)cc4cc(S(=O)(=O)O)cc(N)c4c3O)c(C)c2)ccc1/N=N/c1c(S(=O)(=O)O)cc2cc(S(=O)(=O)O)cc(N)c2c1O.[Na]. The maximum absolute atomic E-state index is 12.3. The Hall–Kier alpha value is -5.12. The summed E-state index contributed by atoms with van der Waals surface area (Å²) in [6.45, 7) is 3.29. The fraction of sp³-hybridized carbons (Fsp3) is 0.0588. The van der Waals surface area contributed by atoms with Gasteiger partial charge in [-0.2, -0.15) is 43.9 Å². The molecular formula is C34H28N6NaO14S4. The van der Waals surface area contributed by atoms with E-state index in [1.807, 2.05) is 0 Å². The van der Waals surface area contributed by atoms with Crippen LogP contribution in [0.15, 0.2) is 113 Å². The number of nitrogens with zero attached hydrogens (tertiary/aromatic N) is 4. The summed E-state index contributed by atoms with van der Waals surface area (Å²) < 4.78 is 134. The summed E-state index contributed by atoms with van der Waals surface area (Å²) >= 11 is 0. The Balaban J connectivity index is 0.00000661. The van der Waals surface area contributed by atoms with Gasteiger partial charge in [-0.05, 0) is 108 Å². The molecule has 6 aromatic rings. The first kappa shape index (κ1) is 45.0. The van der Waals surface area contributed by atoms with E-state index in [2.05, 4.69) is 20.5 Å². The van der Waals surface area contributed by atoms with Gasteiger partial charge in [-0.15, -0.1) is 10.2 Å². The first-order valence-electron chi connectivity index (χ1n) is 15.9. The monoisotopic (exact) mass is 895 g/mol. The smallest absolute Gasteiger partial charge is 0.296 e. The molecule has 0 aliphatic heterocycles. The molecule has 0 unspecified atom stereocenters. The molecule has 6 rings (SSSR count). The predicted octanol–water partition coefficient (Wildman–Crippen LogP) is 6.29. The van der Waals surface area contributed by atoms with E-state index in [4.69, 9.17) is 11.5 Å². The molecule has 0 amide bonds. The Morgan fingerprint density at radius 3 is 1.10 bits per heavy atom. The Morgan fingerprint density at radius 2 is 0.814 bits per heavy atom. The zero-order valence-corrected chi connectivity index (χ0v) is 35.7. The Labute approximate surface area is 357 Å². The van der Waals surface area contributed by atoms with Gasteiger partial charge in [-0.3, -0.25) is 18.2 Å². The van der Waals surface area contributed by atoms with Crippen LogP contribution < -0.4 is 11.5 Å². The Bertz CT molecular complexity index is 3090. The van der Waals surface area contributed by atoms with Crippen molar-refractivity contribution in [2.45, 2.75) is 33.4 Å². The van der Waals surface area contributed by atoms with E-state index in [0.29, 0.717) is 22.3 Å². The number of phenolic OH excluding ortho intramolecular Hbond substituents is 2. The van der Waals surface area contributed by atoms with Crippen LogP contribution in [0.2, 0.25) is 0 Å². The number of anilines is 2. The maximum Gasteiger partial charge on any atom is 0.296 e. The molecule has 25 heteroatoms. The van der Waals surface area contributed by atoms with E-state index in [1.165, 1.54) is 12.1 Å². The van der Waals surface area contributed by atoms with Gasteiger partial charge in [0.1, 0.15) is 21.2 Å². The van der Waals surface area contributed by atoms with Crippen molar-refractivity contribution in [3.8, 4) is 22.6 Å². The third-order valence-corrected chi connectivity index (χ3v) is 12.1. The minimum Gasteiger partial charge on any atom is -0.505 e. The average Bonchev–Trinajstić information content (AvgIpc) is 3.09. The van der Waals surface area contributed by atoms with Crippen molar-refractivity contribution in [3.05, 3.63) is 83.9 Å². The molecule has 0 saturated carbocycles. The molecule has 0 aliphatic rings. The number of nitrogens with two attached hydrogens (primary N) is 2. The summed E-state index contributed by atoms with van der Waals surface area (Å²) in [6.07, 6.45) is 0. The van der Waals surface area contributed by atoms with Crippen molar-refractivity contribution < 1.29 is 62.1 Å². The Kier molecular flexibility index (Phi) is 12.1. The second kappa shape index (κ2) is 15.8. The van der Waals surface area contributed by atoms with E-state index < -0.39 is 82.9 Å². The molecule has 303 valence electrons. The molecule has 6 aromatic carbocycles. The van der Waals surface area contributed by atoms with E-state index >= 15 is 0 Å². The van der Waals surface area contributed by atoms with Crippen LogP contribution in [0.5, 0.6) is 11.5 Å². The normalized spacial score (nSPS) is 12.8. The quantitative estimate of drug-likeness (QED) is 0.0342. The van der Waals surface area contributed by atoms with Crippen LogP contribution in [0.4, 0.5) is 34.1 Å². The number of aryl methyl sites for hydroxylation is 2. The maximum atomic E-state index is 12.3. The summed E-state index contributed by atoms with van der Waals surface area (Å²) in [4.78, 5) is -3.25. The van der Waals surface area contributed by atoms with Crippen molar-refractivity contribution in [2.24, 2.45) is 20.5 Å². The molecule has 0 spiro atoms. The number of benzene rings is 6. The number of fused-ring (bicyclic) bond motifs is 2. The summed E-state index contributed by atoms with van der Waals surface area (Å²) in [5.74, 6) is -1.70. The number of hydrogen-bond donors (Lipinski definition) is 8. The van der Waals surface area contributed by atoms with E-state index in [1.54, 1.807) is 38.1 Å². The summed E-state index contributed by atoms with van der Waals surface area (Å²) in [5, 5.41) is 36.9. The van der Waals surface area contributed by atoms with Crippen molar-refractivity contribution in [2.75, 3.05) is 11.5 Å². The topological polar surface area (TPSA) is 359 Å². The van der Waals surface area contributed by atoms with Crippen molar-refractivity contribution >= 4 is 126 Å². The van der Waals surface area contributed by atoms with Gasteiger partial charge in [0.2, 0.25) is 0 Å². The molecule has 10 N–H and O–H groups in total. The largest absolute Gasteiger partial charge is 0.505 e. The molecule has 59 heavy (non-hydrogen) atoms. The van der Waals surface area contributed by atoms with Crippen LogP contribution in [0.3, 0.4) is 0 Å². The molecular weight excluding hydrogens is 868 g/mol. The zero-order valence-electron chi connectivity index (χ0n) is 30.5. The predicted molar refractivity (Wildman–Crippen MR) is 215 cm³/mol. The van der Waals surface area contributed by atoms with Crippen LogP contribution in [-0.2, 0) is 40.5 Å². The van der Waals surface area contributed by atoms with E-state index in [-0.39, 0.29) is 73.9 Å². The first-order chi connectivity index (χ1) is 26.8. The van der Waals surface area contributed by atoms with Gasteiger partial charge >= 0.3 is 0 Å².